The minimum absolute atomic E-state index is 0.0188. The molecule has 0 bridgehead atoms. The lowest BCUT2D eigenvalue weighted by molar-refractivity contribution is -0.276. The molecule has 3 aromatic carbocycles. The van der Waals surface area contributed by atoms with Gasteiger partial charge in [0, 0.05) is 42.7 Å². The van der Waals surface area contributed by atoms with Crippen LogP contribution in [0.3, 0.4) is 0 Å². The van der Waals surface area contributed by atoms with Crippen molar-refractivity contribution >= 4 is 5.91 Å². The number of amides is 1. The SMILES string of the molecule is CC1C(CN2CCCC2CN2CCCC2)OC(c2ccc(CNC(=O)c3ccccc3)cc2)OC1c1ccc(CO)cc1. The average molecular weight is 584 g/mol. The van der Waals surface area contributed by atoms with Gasteiger partial charge in [0.25, 0.3) is 5.91 Å². The summed E-state index contributed by atoms with van der Waals surface area (Å²) in [5, 5.41) is 12.6. The van der Waals surface area contributed by atoms with Gasteiger partial charge in [-0.25, -0.2) is 0 Å². The number of carbonyl (C=O) groups is 1. The predicted octanol–water partition coefficient (Wildman–Crippen LogP) is 5.46. The third-order valence-electron chi connectivity index (χ3n) is 9.45. The van der Waals surface area contributed by atoms with Gasteiger partial charge in [-0.05, 0) is 74.1 Å². The van der Waals surface area contributed by atoms with E-state index in [-0.39, 0.29) is 30.6 Å². The van der Waals surface area contributed by atoms with Crippen LogP contribution in [-0.2, 0) is 22.6 Å². The second-order valence-corrected chi connectivity index (χ2v) is 12.4. The van der Waals surface area contributed by atoms with Crippen LogP contribution in [0.15, 0.2) is 78.9 Å². The first kappa shape index (κ1) is 30.0. The molecule has 0 aliphatic carbocycles. The normalized spacial score (nSPS) is 26.5. The van der Waals surface area contributed by atoms with Gasteiger partial charge < -0.3 is 24.8 Å². The monoisotopic (exact) mass is 583 g/mol. The van der Waals surface area contributed by atoms with Gasteiger partial charge >= 0.3 is 0 Å². The minimum atomic E-state index is -0.490. The van der Waals surface area contributed by atoms with Crippen molar-refractivity contribution in [3.63, 3.8) is 0 Å². The molecule has 3 heterocycles. The molecule has 0 aromatic heterocycles. The van der Waals surface area contributed by atoms with Crippen molar-refractivity contribution in [3.8, 4) is 0 Å². The van der Waals surface area contributed by atoms with E-state index in [1.165, 1.54) is 38.8 Å². The Kier molecular flexibility index (Phi) is 9.86. The number of benzene rings is 3. The highest BCUT2D eigenvalue weighted by atomic mass is 16.7. The number of aliphatic hydroxyl groups is 1. The third kappa shape index (κ3) is 7.36. The van der Waals surface area contributed by atoms with Crippen molar-refractivity contribution in [2.45, 2.75) is 70.3 Å². The topological polar surface area (TPSA) is 74.3 Å². The fraction of sp³-hybridized carbons (Fsp3) is 0.472. The molecular weight excluding hydrogens is 538 g/mol. The highest BCUT2D eigenvalue weighted by molar-refractivity contribution is 5.94. The molecule has 43 heavy (non-hydrogen) atoms. The van der Waals surface area contributed by atoms with E-state index >= 15 is 0 Å². The quantitative estimate of drug-likeness (QED) is 0.330. The second kappa shape index (κ2) is 14.1. The van der Waals surface area contributed by atoms with Crippen LogP contribution in [0.5, 0.6) is 0 Å². The lowest BCUT2D eigenvalue weighted by atomic mass is 9.90. The van der Waals surface area contributed by atoms with E-state index in [0.29, 0.717) is 18.2 Å². The Labute approximate surface area is 255 Å². The Morgan fingerprint density at radius 3 is 2.26 bits per heavy atom. The van der Waals surface area contributed by atoms with Gasteiger partial charge in [0.15, 0.2) is 6.29 Å². The molecule has 0 radical (unpaired) electrons. The van der Waals surface area contributed by atoms with Crippen LogP contribution in [0.4, 0.5) is 0 Å². The molecule has 1 amide bonds. The number of ether oxygens (including phenoxy) is 2. The predicted molar refractivity (Wildman–Crippen MR) is 167 cm³/mol. The van der Waals surface area contributed by atoms with Gasteiger partial charge in [0.2, 0.25) is 0 Å². The fourth-order valence-electron chi connectivity index (χ4n) is 6.83. The Morgan fingerprint density at radius 2 is 1.53 bits per heavy atom. The zero-order chi connectivity index (χ0) is 29.6. The van der Waals surface area contributed by atoms with Gasteiger partial charge in [0.1, 0.15) is 0 Å². The number of hydrogen-bond acceptors (Lipinski definition) is 6. The summed E-state index contributed by atoms with van der Waals surface area (Å²) in [5.41, 5.74) is 4.66. The van der Waals surface area contributed by atoms with Crippen molar-refractivity contribution in [3.05, 3.63) is 107 Å². The maximum Gasteiger partial charge on any atom is 0.251 e. The van der Waals surface area contributed by atoms with Crippen LogP contribution in [0.25, 0.3) is 0 Å². The number of hydrogen-bond donors (Lipinski definition) is 2. The lowest BCUT2D eigenvalue weighted by Gasteiger charge is -2.43. The van der Waals surface area contributed by atoms with Gasteiger partial charge in [-0.1, -0.05) is 73.7 Å². The smallest absolute Gasteiger partial charge is 0.251 e. The first-order valence-corrected chi connectivity index (χ1v) is 16.0. The van der Waals surface area contributed by atoms with Crippen molar-refractivity contribution in [1.82, 2.24) is 15.1 Å². The fourth-order valence-corrected chi connectivity index (χ4v) is 6.83. The molecular formula is C36H45N3O4. The van der Waals surface area contributed by atoms with E-state index < -0.39 is 6.29 Å². The van der Waals surface area contributed by atoms with Crippen molar-refractivity contribution in [2.75, 3.05) is 32.7 Å². The zero-order valence-electron chi connectivity index (χ0n) is 25.2. The summed E-state index contributed by atoms with van der Waals surface area (Å²) >= 11 is 0. The first-order chi connectivity index (χ1) is 21.1. The molecule has 0 saturated carbocycles. The van der Waals surface area contributed by atoms with Crippen LogP contribution in [-0.4, -0.2) is 65.7 Å². The average Bonchev–Trinajstić information content (AvgIpc) is 3.74. The van der Waals surface area contributed by atoms with E-state index in [0.717, 1.165) is 41.9 Å². The first-order valence-electron chi connectivity index (χ1n) is 16.0. The third-order valence-corrected chi connectivity index (χ3v) is 9.45. The molecule has 3 aromatic rings. The van der Waals surface area contributed by atoms with E-state index in [1.807, 2.05) is 54.6 Å². The summed E-state index contributed by atoms with van der Waals surface area (Å²) in [6.07, 6.45) is 4.55. The van der Waals surface area contributed by atoms with Gasteiger partial charge in [-0.15, -0.1) is 0 Å². The maximum atomic E-state index is 12.5. The lowest BCUT2D eigenvalue weighted by Crippen LogP contribution is -2.48. The number of likely N-dealkylation sites (tertiary alicyclic amines) is 2. The van der Waals surface area contributed by atoms with Crippen LogP contribution in [0, 0.1) is 5.92 Å². The molecule has 3 aliphatic rings. The molecule has 228 valence electrons. The summed E-state index contributed by atoms with van der Waals surface area (Å²) in [7, 11) is 0. The second-order valence-electron chi connectivity index (χ2n) is 12.4. The Balaban J connectivity index is 1.16. The molecule has 3 fully saturated rings. The van der Waals surface area contributed by atoms with E-state index in [9.17, 15) is 9.90 Å². The van der Waals surface area contributed by atoms with E-state index in [2.05, 4.69) is 46.3 Å². The largest absolute Gasteiger partial charge is 0.392 e. The molecule has 2 N–H and O–H groups in total. The Hall–Kier alpha value is -3.07. The Morgan fingerprint density at radius 1 is 0.837 bits per heavy atom. The van der Waals surface area contributed by atoms with Gasteiger partial charge in [-0.3, -0.25) is 9.69 Å². The number of aliphatic hydroxyl groups excluding tert-OH is 1. The molecule has 6 rings (SSSR count). The number of carbonyl (C=O) groups excluding carboxylic acids is 1. The maximum absolute atomic E-state index is 12.5. The molecule has 7 heteroatoms. The Bertz CT molecular complexity index is 1310. The van der Waals surface area contributed by atoms with Crippen molar-refractivity contribution in [2.24, 2.45) is 5.92 Å². The molecule has 3 aliphatic heterocycles. The van der Waals surface area contributed by atoms with Gasteiger partial charge in [0.05, 0.1) is 18.8 Å². The standard InChI is InChI=1S/C36H45N3O4/c1-26-33(24-39-21-7-10-32(39)23-38-19-5-6-20-38)42-36(43-34(26)29-15-13-28(25-40)14-16-29)31-17-11-27(12-18-31)22-37-35(41)30-8-3-2-4-9-30/h2-4,8-9,11-18,26,32-34,36,40H,5-7,10,19-25H2,1H3,(H,37,41). The number of rotatable bonds is 10. The molecule has 3 saturated heterocycles. The molecule has 5 unspecified atom stereocenters. The minimum Gasteiger partial charge on any atom is -0.392 e. The molecule has 7 nitrogen and oxygen atoms in total. The van der Waals surface area contributed by atoms with Gasteiger partial charge in [-0.2, -0.15) is 0 Å². The number of nitrogens with one attached hydrogen (secondary N) is 1. The van der Waals surface area contributed by atoms with Crippen LogP contribution in [0.2, 0.25) is 0 Å². The molecule has 5 atom stereocenters. The van der Waals surface area contributed by atoms with Crippen LogP contribution in [0.1, 0.15) is 77.6 Å². The summed E-state index contributed by atoms with van der Waals surface area (Å²) < 4.78 is 13.5. The molecule has 0 spiro atoms. The van der Waals surface area contributed by atoms with Crippen molar-refractivity contribution < 1.29 is 19.4 Å². The van der Waals surface area contributed by atoms with E-state index in [1.54, 1.807) is 0 Å². The number of nitrogens with zero attached hydrogens (tertiary/aromatic N) is 2. The summed E-state index contributed by atoms with van der Waals surface area (Å²) in [6, 6.07) is 26.2. The van der Waals surface area contributed by atoms with Crippen LogP contribution >= 0.6 is 0 Å². The summed E-state index contributed by atoms with van der Waals surface area (Å²) in [4.78, 5) is 17.8. The highest BCUT2D eigenvalue weighted by Gasteiger charge is 2.40. The summed E-state index contributed by atoms with van der Waals surface area (Å²) in [6.45, 7) is 8.37. The summed E-state index contributed by atoms with van der Waals surface area (Å²) in [5.74, 6) is 0.0807. The highest BCUT2D eigenvalue weighted by Crippen LogP contribution is 2.42. The van der Waals surface area contributed by atoms with E-state index in [4.69, 9.17) is 9.47 Å². The van der Waals surface area contributed by atoms with Crippen molar-refractivity contribution in [1.29, 1.82) is 0 Å². The van der Waals surface area contributed by atoms with Crippen LogP contribution < -0.4 is 5.32 Å². The zero-order valence-corrected chi connectivity index (χ0v) is 25.2.